The van der Waals surface area contributed by atoms with Crippen molar-refractivity contribution in [1.29, 1.82) is 0 Å². The number of nitrogens with zero attached hydrogens (tertiary/aromatic N) is 2. The van der Waals surface area contributed by atoms with Crippen LogP contribution in [0, 0.1) is 0 Å². The van der Waals surface area contributed by atoms with Gasteiger partial charge in [-0.1, -0.05) is 92.8 Å². The average Bonchev–Trinajstić information content (AvgIpc) is 3.46. The highest BCUT2D eigenvalue weighted by molar-refractivity contribution is 7.86. The van der Waals surface area contributed by atoms with Gasteiger partial charge < -0.3 is 18.5 Å². The maximum atomic E-state index is 13.7. The molecule has 0 N–H and O–H groups in total. The number of hydrogen-bond acceptors (Lipinski definition) is 8. The molecule has 47 heavy (non-hydrogen) atoms. The Labute approximate surface area is 280 Å². The fraction of sp³-hybridized carbons (Fsp3) is 0.500. The van der Waals surface area contributed by atoms with Crippen molar-refractivity contribution < 1.29 is 49.4 Å². The molecule has 9 nitrogen and oxygen atoms in total. The van der Waals surface area contributed by atoms with Crippen LogP contribution in [-0.2, 0) is 31.1 Å². The molecule has 1 aliphatic rings. The van der Waals surface area contributed by atoms with Crippen LogP contribution < -0.4 is 14.9 Å². The molecule has 260 valence electrons. The summed E-state index contributed by atoms with van der Waals surface area (Å²) < 4.78 is 80.9. The Morgan fingerprint density at radius 3 is 1.83 bits per heavy atom. The van der Waals surface area contributed by atoms with E-state index in [1.54, 1.807) is 16.2 Å². The smallest absolute Gasteiger partial charge is 0.485 e. The Balaban J connectivity index is 0.000000665. The number of amides is 1. The number of thiazole rings is 1. The molecule has 1 saturated heterocycles. The lowest BCUT2D eigenvalue weighted by Crippen LogP contribution is -2.67. The minimum Gasteiger partial charge on any atom is -0.741 e. The molecule has 4 rings (SSSR count). The highest BCUT2D eigenvalue weighted by atomic mass is 32.2. The number of aromatic nitrogens is 1. The lowest BCUT2D eigenvalue weighted by Gasteiger charge is -2.44. The van der Waals surface area contributed by atoms with E-state index in [4.69, 9.17) is 26.9 Å². The van der Waals surface area contributed by atoms with E-state index in [9.17, 15) is 18.0 Å². The quantitative estimate of drug-likeness (QED) is 0.141. The Bertz CT molecular complexity index is 1570. The number of carbonyl (C=O) groups is 1. The molecule has 0 aliphatic carbocycles. The van der Waals surface area contributed by atoms with E-state index in [0.29, 0.717) is 6.61 Å². The van der Waals surface area contributed by atoms with Gasteiger partial charge in [0.25, 0.3) is 13.3 Å². The molecule has 1 aromatic heterocycles. The average molecular weight is 717 g/mol. The molecule has 1 fully saturated rings. The Morgan fingerprint density at radius 2 is 1.47 bits per heavy atom. The van der Waals surface area contributed by atoms with Crippen LogP contribution in [0.15, 0.2) is 72.2 Å². The van der Waals surface area contributed by atoms with Gasteiger partial charge in [-0.25, -0.2) is 13.2 Å². The first-order valence-electron chi connectivity index (χ1n) is 14.8. The summed E-state index contributed by atoms with van der Waals surface area (Å²) in [6, 6.07) is 20.8. The summed E-state index contributed by atoms with van der Waals surface area (Å²) >= 11 is 1.62. The van der Waals surface area contributed by atoms with Crippen molar-refractivity contribution in [3.63, 3.8) is 0 Å². The molecule has 1 aliphatic heterocycles. The van der Waals surface area contributed by atoms with Gasteiger partial charge in [0.05, 0.1) is 18.0 Å². The SMILES string of the molecule is C[n+]1ccsc1[C@H]1OC(C)(C)N(C(=O)OC(C)(C)C)[C@@H]1CO[Si](c1ccccc1)(c1ccccc1)C(C)(C)C.O=S(=O)([O-])C(F)(F)F. The van der Waals surface area contributed by atoms with Gasteiger partial charge in [0.2, 0.25) is 0 Å². The van der Waals surface area contributed by atoms with E-state index in [1.165, 1.54) is 10.4 Å². The second-order valence-electron chi connectivity index (χ2n) is 13.6. The van der Waals surface area contributed by atoms with E-state index in [2.05, 4.69) is 73.9 Å². The summed E-state index contributed by atoms with van der Waals surface area (Å²) in [5.41, 5.74) is -7.17. The number of ether oxygens (including phenoxy) is 2. The van der Waals surface area contributed by atoms with Crippen LogP contribution in [-0.4, -0.2) is 61.8 Å². The third-order valence-electron chi connectivity index (χ3n) is 7.50. The lowest BCUT2D eigenvalue weighted by atomic mass is 10.1. The fourth-order valence-electron chi connectivity index (χ4n) is 5.61. The standard InChI is InChI=1S/C31H43N2O4SSi.CHF3O3S/c1-29(2,3)37-28(34)33-25(26(36-31(33,7)8)27-32(9)20-21-38-27)22-35-39(30(4,5)6,23-16-12-10-13-17-23)24-18-14-11-15-19-24;2-1(3,4)8(5,6)7/h10-21,25-26H,22H2,1-9H3;(H,5,6,7)/q+1;/p-1/t25-,26+;/m1./s1. The summed E-state index contributed by atoms with van der Waals surface area (Å²) in [6.07, 6.45) is 1.26. The summed E-state index contributed by atoms with van der Waals surface area (Å²) in [7, 11) is -6.92. The first-order valence-corrected chi connectivity index (χ1v) is 19.0. The van der Waals surface area contributed by atoms with Crippen molar-refractivity contribution in [2.45, 2.75) is 89.4 Å². The number of hydrogen-bond donors (Lipinski definition) is 0. The predicted molar refractivity (Wildman–Crippen MR) is 175 cm³/mol. The monoisotopic (exact) mass is 716 g/mol. The van der Waals surface area contributed by atoms with Crippen LogP contribution in [0.5, 0.6) is 0 Å². The van der Waals surface area contributed by atoms with Crippen molar-refractivity contribution in [1.82, 2.24) is 4.90 Å². The van der Waals surface area contributed by atoms with E-state index < -0.39 is 41.4 Å². The van der Waals surface area contributed by atoms with Crippen molar-refractivity contribution in [2.75, 3.05) is 6.61 Å². The third-order valence-corrected chi connectivity index (χ3v) is 14.1. The van der Waals surface area contributed by atoms with Crippen LogP contribution in [0.2, 0.25) is 5.04 Å². The number of halogens is 3. The molecule has 15 heteroatoms. The zero-order chi connectivity index (χ0) is 35.6. The first kappa shape index (κ1) is 38.6. The Morgan fingerprint density at radius 1 is 1.00 bits per heavy atom. The van der Waals surface area contributed by atoms with Crippen LogP contribution in [0.1, 0.15) is 66.5 Å². The zero-order valence-electron chi connectivity index (χ0n) is 28.0. The number of carbonyl (C=O) groups excluding carboxylic acids is 1. The molecule has 2 atom stereocenters. The van der Waals surface area contributed by atoms with Gasteiger partial charge in [0.1, 0.15) is 18.4 Å². The maximum Gasteiger partial charge on any atom is 0.485 e. The summed E-state index contributed by atoms with van der Waals surface area (Å²) in [4.78, 5) is 15.5. The first-order chi connectivity index (χ1) is 21.4. The topological polar surface area (TPSA) is 109 Å². The molecule has 0 radical (unpaired) electrons. The molecule has 1 amide bonds. The summed E-state index contributed by atoms with van der Waals surface area (Å²) in [5, 5.41) is 5.28. The molecular weight excluding hydrogens is 674 g/mol. The van der Waals surface area contributed by atoms with E-state index in [0.717, 1.165) is 5.01 Å². The fourth-order valence-corrected chi connectivity index (χ4v) is 11.1. The second-order valence-corrected chi connectivity index (χ2v) is 20.2. The molecule has 2 aromatic carbocycles. The van der Waals surface area contributed by atoms with E-state index in [1.807, 2.05) is 65.4 Å². The molecular formula is C32H43F3N2O7S2Si. The van der Waals surface area contributed by atoms with Crippen LogP contribution in [0.25, 0.3) is 0 Å². The second kappa shape index (κ2) is 14.0. The molecule has 2 heterocycles. The summed E-state index contributed by atoms with van der Waals surface area (Å²) in [6.45, 7) is 16.6. The van der Waals surface area contributed by atoms with Gasteiger partial charge in [0, 0.05) is 0 Å². The highest BCUT2D eigenvalue weighted by Crippen LogP contribution is 2.44. The van der Waals surface area contributed by atoms with Crippen molar-refractivity contribution in [3.8, 4) is 0 Å². The predicted octanol–water partition coefficient (Wildman–Crippen LogP) is 5.61. The van der Waals surface area contributed by atoms with Gasteiger partial charge in [-0.2, -0.15) is 17.7 Å². The Kier molecular flexibility index (Phi) is 11.5. The van der Waals surface area contributed by atoms with Crippen LogP contribution in [0.4, 0.5) is 18.0 Å². The molecule has 3 aromatic rings. The maximum absolute atomic E-state index is 13.7. The van der Waals surface area contributed by atoms with Crippen molar-refractivity contribution >= 4 is 46.2 Å². The molecule has 0 spiro atoms. The minimum absolute atomic E-state index is 0.190. The van der Waals surface area contributed by atoms with Crippen LogP contribution in [0.3, 0.4) is 0 Å². The molecule has 0 bridgehead atoms. The molecule has 0 unspecified atom stereocenters. The third kappa shape index (κ3) is 8.81. The Hall–Kier alpha value is -2.82. The van der Waals surface area contributed by atoms with Crippen LogP contribution >= 0.6 is 11.3 Å². The normalized spacial score (nSPS) is 18.8. The van der Waals surface area contributed by atoms with Gasteiger partial charge in [-0.05, 0) is 50.0 Å². The van der Waals surface area contributed by atoms with Crippen molar-refractivity contribution in [3.05, 3.63) is 77.2 Å². The minimum atomic E-state index is -6.09. The van der Waals surface area contributed by atoms with Gasteiger partial charge in [0.15, 0.2) is 22.4 Å². The summed E-state index contributed by atoms with van der Waals surface area (Å²) in [5.74, 6) is 0. The number of alkyl halides is 3. The number of aryl methyl sites for hydroxylation is 1. The number of benzene rings is 2. The largest absolute Gasteiger partial charge is 0.741 e. The van der Waals surface area contributed by atoms with Gasteiger partial charge in [-0.15, -0.1) is 0 Å². The highest BCUT2D eigenvalue weighted by Gasteiger charge is 2.57. The van der Waals surface area contributed by atoms with Gasteiger partial charge >= 0.3 is 11.6 Å². The van der Waals surface area contributed by atoms with Crippen molar-refractivity contribution in [2.24, 2.45) is 7.05 Å². The molecule has 0 saturated carbocycles. The van der Waals surface area contributed by atoms with Gasteiger partial charge in [-0.3, -0.25) is 4.90 Å². The zero-order valence-corrected chi connectivity index (χ0v) is 30.6. The van der Waals surface area contributed by atoms with E-state index in [-0.39, 0.29) is 17.2 Å². The van der Waals surface area contributed by atoms with E-state index >= 15 is 0 Å². The lowest BCUT2D eigenvalue weighted by molar-refractivity contribution is -0.677. The number of rotatable bonds is 6.